The molecule has 2 unspecified atom stereocenters. The summed E-state index contributed by atoms with van der Waals surface area (Å²) in [6, 6.07) is 125. The Bertz CT molecular complexity index is 5110. The van der Waals surface area contributed by atoms with Crippen molar-refractivity contribution in [3.05, 3.63) is 430 Å². The van der Waals surface area contributed by atoms with Gasteiger partial charge >= 0.3 is 0 Å². The normalized spacial score (nSPS) is 16.8. The maximum absolute atomic E-state index is 4.10. The molecule has 0 aromatic heterocycles. The molecule has 460 valence electrons. The zero-order valence-corrected chi connectivity index (χ0v) is 54.6. The number of rotatable bonds is 14. The lowest BCUT2D eigenvalue weighted by Gasteiger charge is -2.35. The third-order valence-electron chi connectivity index (χ3n) is 21.9. The molecular weight excluding hydrogens is 1170 g/mol. The number of nitrogens with zero attached hydrogens (tertiary/aromatic N) is 2. The Morgan fingerprint density at radius 3 is 0.897 bits per heavy atom. The molecule has 14 aromatic carbocycles. The fraction of sp³-hybridized carbons (Fsp3) is 0.0737. The van der Waals surface area contributed by atoms with Gasteiger partial charge in [0.2, 0.25) is 0 Å². The molecule has 0 saturated carbocycles. The van der Waals surface area contributed by atoms with E-state index in [0.29, 0.717) is 0 Å². The summed E-state index contributed by atoms with van der Waals surface area (Å²) in [5.74, 6) is 0. The van der Waals surface area contributed by atoms with Crippen molar-refractivity contribution in [3.8, 4) is 44.5 Å². The molecule has 14 aromatic rings. The first-order valence-corrected chi connectivity index (χ1v) is 34.0. The fourth-order valence-electron chi connectivity index (χ4n) is 17.5. The second kappa shape index (κ2) is 22.7. The van der Waals surface area contributed by atoms with Crippen LogP contribution in [0.5, 0.6) is 0 Å². The summed E-state index contributed by atoms with van der Waals surface area (Å²) in [6.07, 6.45) is 5.44. The van der Waals surface area contributed by atoms with E-state index < -0.39 is 16.2 Å². The van der Waals surface area contributed by atoms with Crippen LogP contribution in [0.3, 0.4) is 0 Å². The minimum atomic E-state index is -0.683. The van der Waals surface area contributed by atoms with Gasteiger partial charge in [-0.05, 0) is 222 Å². The second-order valence-electron chi connectivity index (χ2n) is 27.0. The van der Waals surface area contributed by atoms with Crippen LogP contribution in [0.1, 0.15) is 89.0 Å². The van der Waals surface area contributed by atoms with Crippen LogP contribution in [0.2, 0.25) is 0 Å². The Hall–Kier alpha value is -11.8. The van der Waals surface area contributed by atoms with E-state index in [1.807, 2.05) is 12.2 Å². The van der Waals surface area contributed by atoms with Gasteiger partial charge in [-0.25, -0.2) is 0 Å². The molecule has 2 heteroatoms. The number of anilines is 6. The summed E-state index contributed by atoms with van der Waals surface area (Å²) < 4.78 is 0. The van der Waals surface area contributed by atoms with Crippen LogP contribution in [-0.4, -0.2) is 0 Å². The summed E-state index contributed by atoms with van der Waals surface area (Å²) in [4.78, 5) is 5.01. The van der Waals surface area contributed by atoms with E-state index in [4.69, 9.17) is 0 Å². The van der Waals surface area contributed by atoms with Crippen molar-refractivity contribution in [2.75, 3.05) is 9.80 Å². The maximum Gasteiger partial charge on any atom is 0.0727 e. The van der Waals surface area contributed by atoms with E-state index in [0.717, 1.165) is 58.1 Å². The summed E-state index contributed by atoms with van der Waals surface area (Å²) in [6.45, 7) is 12.6. The molecule has 0 radical (unpaired) electrons. The topological polar surface area (TPSA) is 6.48 Å². The third-order valence-corrected chi connectivity index (χ3v) is 21.9. The molecule has 0 heterocycles. The summed E-state index contributed by atoms with van der Waals surface area (Å²) in [5, 5.41) is 0. The number of hydrogen-bond donors (Lipinski definition) is 0. The van der Waals surface area contributed by atoms with Crippen LogP contribution in [0, 0.1) is 13.8 Å². The van der Waals surface area contributed by atoms with Gasteiger partial charge in [0.15, 0.2) is 0 Å². The standard InChI is InChI=1S/C95H70N2/c1-5-65-37-41-67(42-38-65)61-93(69-45-33-63(3)34-46-69)85-29-17-13-25-77(85)81-53-49-73(57-89(81)93)96(71-21-9-7-10-22-71)75-51-55-83-79-27-15-19-31-87(79)95(91(83)59-75)88-32-20-16-28-80(88)84-56-52-76(60-92(84)95)97(72-23-11-8-12-24-72)74-50-54-82-78-26-14-18-30-86(78)94(90(82)58-74,70-47-35-64(4)36-48-70)62-68-43-39-66(6-2)40-44-68/h5-60H,1-2,61-62H2,3-4H3. The van der Waals surface area contributed by atoms with Crippen molar-refractivity contribution in [2.45, 2.75) is 42.9 Å². The molecule has 2 nitrogen and oxygen atoms in total. The zero-order chi connectivity index (χ0) is 65.0. The predicted molar refractivity (Wildman–Crippen MR) is 406 cm³/mol. The summed E-state index contributed by atoms with van der Waals surface area (Å²) in [5.41, 5.74) is 35.2. The van der Waals surface area contributed by atoms with E-state index >= 15 is 0 Å². The van der Waals surface area contributed by atoms with Crippen LogP contribution in [-0.2, 0) is 29.1 Å². The first-order valence-electron chi connectivity index (χ1n) is 34.0. The Morgan fingerprint density at radius 2 is 0.546 bits per heavy atom. The average Bonchev–Trinajstić information content (AvgIpc) is 1.52. The van der Waals surface area contributed by atoms with Gasteiger partial charge in [0.05, 0.1) is 16.2 Å². The first-order chi connectivity index (χ1) is 47.8. The molecule has 0 bridgehead atoms. The molecule has 1 spiro atoms. The lowest BCUT2D eigenvalue weighted by atomic mass is 9.68. The number of para-hydroxylation sites is 2. The van der Waals surface area contributed by atoms with Gasteiger partial charge in [0, 0.05) is 34.1 Å². The summed E-state index contributed by atoms with van der Waals surface area (Å²) >= 11 is 0. The molecule has 0 aliphatic heterocycles. The van der Waals surface area contributed by atoms with Crippen molar-refractivity contribution >= 4 is 46.3 Å². The van der Waals surface area contributed by atoms with E-state index in [9.17, 15) is 0 Å². The number of benzene rings is 14. The van der Waals surface area contributed by atoms with Crippen LogP contribution in [0.4, 0.5) is 34.1 Å². The van der Waals surface area contributed by atoms with Crippen LogP contribution in [0.25, 0.3) is 56.7 Å². The van der Waals surface area contributed by atoms with Gasteiger partial charge in [0.25, 0.3) is 0 Å². The quantitative estimate of drug-likeness (QED) is 0.107. The van der Waals surface area contributed by atoms with Gasteiger partial charge in [0.1, 0.15) is 0 Å². The average molecular weight is 1240 g/mol. The molecular formula is C95H70N2. The van der Waals surface area contributed by atoms with Gasteiger partial charge in [-0.2, -0.15) is 0 Å². The van der Waals surface area contributed by atoms with Gasteiger partial charge in [-0.15, -0.1) is 0 Å². The minimum Gasteiger partial charge on any atom is -0.310 e. The maximum atomic E-state index is 4.10. The minimum absolute atomic E-state index is 0.493. The lowest BCUT2D eigenvalue weighted by Crippen LogP contribution is -2.30. The highest BCUT2D eigenvalue weighted by Crippen LogP contribution is 2.65. The van der Waals surface area contributed by atoms with E-state index in [1.165, 1.54) is 122 Å². The molecule has 0 amide bonds. The smallest absolute Gasteiger partial charge is 0.0727 e. The van der Waals surface area contributed by atoms with Gasteiger partial charge < -0.3 is 9.80 Å². The molecule has 2 atom stereocenters. The van der Waals surface area contributed by atoms with Crippen molar-refractivity contribution in [1.82, 2.24) is 0 Å². The fourth-order valence-corrected chi connectivity index (χ4v) is 17.5. The predicted octanol–water partition coefficient (Wildman–Crippen LogP) is 24.0. The molecule has 18 rings (SSSR count). The van der Waals surface area contributed by atoms with E-state index in [1.54, 1.807) is 0 Å². The second-order valence-corrected chi connectivity index (χ2v) is 27.0. The molecule has 0 N–H and O–H groups in total. The number of hydrogen-bond acceptors (Lipinski definition) is 2. The Morgan fingerprint density at radius 1 is 0.258 bits per heavy atom. The Kier molecular flexibility index (Phi) is 13.5. The van der Waals surface area contributed by atoms with Crippen molar-refractivity contribution in [1.29, 1.82) is 0 Å². The Labute approximate surface area is 569 Å². The van der Waals surface area contributed by atoms with Crippen molar-refractivity contribution in [3.63, 3.8) is 0 Å². The molecule has 0 fully saturated rings. The molecule has 0 saturated heterocycles. The highest BCUT2D eigenvalue weighted by atomic mass is 15.1. The zero-order valence-electron chi connectivity index (χ0n) is 54.6. The highest BCUT2D eigenvalue weighted by Gasteiger charge is 2.53. The number of fused-ring (bicyclic) bond motifs is 16. The third kappa shape index (κ3) is 8.79. The van der Waals surface area contributed by atoms with Crippen LogP contribution >= 0.6 is 0 Å². The molecule has 4 aliphatic carbocycles. The first kappa shape index (κ1) is 57.8. The van der Waals surface area contributed by atoms with Crippen LogP contribution < -0.4 is 9.80 Å². The number of aryl methyl sites for hydroxylation is 2. The monoisotopic (exact) mass is 1240 g/mol. The summed E-state index contributed by atoms with van der Waals surface area (Å²) in [7, 11) is 0. The molecule has 97 heavy (non-hydrogen) atoms. The van der Waals surface area contributed by atoms with Gasteiger partial charge in [-0.1, -0.05) is 291 Å². The SMILES string of the molecule is C=Cc1ccc(CC2(c3ccc(C)cc3)c3ccccc3-c3ccc(N(c4ccccc4)c4ccc5c(c4)C4(c6ccccc6-5)c5ccccc5-c5ccc(N(c6ccccc6)c6ccc7c(c6)C(Cc6ccc(C=C)cc6)(c6ccc(C)cc6)c6ccccc6-7)cc54)cc32)cc1. The van der Waals surface area contributed by atoms with E-state index in [2.05, 4.69) is 364 Å². The van der Waals surface area contributed by atoms with Gasteiger partial charge in [-0.3, -0.25) is 0 Å². The lowest BCUT2D eigenvalue weighted by molar-refractivity contribution is 0.629. The van der Waals surface area contributed by atoms with Crippen molar-refractivity contribution in [2.24, 2.45) is 0 Å². The van der Waals surface area contributed by atoms with E-state index in [-0.39, 0.29) is 0 Å². The van der Waals surface area contributed by atoms with Crippen molar-refractivity contribution < 1.29 is 0 Å². The Balaban J connectivity index is 0.833. The highest BCUT2D eigenvalue weighted by molar-refractivity contribution is 5.99. The molecule has 4 aliphatic rings. The van der Waals surface area contributed by atoms with Crippen LogP contribution in [0.15, 0.2) is 341 Å². The largest absolute Gasteiger partial charge is 0.310 e.